The van der Waals surface area contributed by atoms with Crippen molar-refractivity contribution >= 4 is 28.4 Å². The first-order chi connectivity index (χ1) is 17.4. The van der Waals surface area contributed by atoms with Gasteiger partial charge in [-0.1, -0.05) is 0 Å². The number of anilines is 1. The fourth-order valence-corrected chi connectivity index (χ4v) is 3.59. The standard InChI is InChI=1S/C27H25N3O6/c1-33-19-7-4-16(5-8-19)24-14-25(36-15-26(28)31)22-12-18(6-9-23(22)30-24)29-27(32)17-10-20(34-2)13-21(11-17)35-3/h4-14H,15H2,1-3H3,(H2,28,31)(H,29,32). The topological polar surface area (TPSA) is 122 Å². The monoisotopic (exact) mass is 487 g/mol. The lowest BCUT2D eigenvalue weighted by Crippen LogP contribution is -2.20. The predicted molar refractivity (Wildman–Crippen MR) is 136 cm³/mol. The van der Waals surface area contributed by atoms with Gasteiger partial charge in [-0.05, 0) is 54.6 Å². The van der Waals surface area contributed by atoms with E-state index in [1.54, 1.807) is 49.6 Å². The molecule has 0 saturated heterocycles. The molecule has 0 radical (unpaired) electrons. The summed E-state index contributed by atoms with van der Waals surface area (Å²) in [6, 6.07) is 19.3. The van der Waals surface area contributed by atoms with E-state index >= 15 is 0 Å². The molecule has 1 heterocycles. The molecule has 36 heavy (non-hydrogen) atoms. The zero-order chi connectivity index (χ0) is 25.7. The van der Waals surface area contributed by atoms with E-state index in [4.69, 9.17) is 29.7 Å². The minimum atomic E-state index is -0.609. The van der Waals surface area contributed by atoms with Gasteiger partial charge in [0.1, 0.15) is 23.0 Å². The summed E-state index contributed by atoms with van der Waals surface area (Å²) in [5, 5.41) is 3.47. The number of hydrogen-bond acceptors (Lipinski definition) is 7. The van der Waals surface area contributed by atoms with E-state index in [-0.39, 0.29) is 12.5 Å². The van der Waals surface area contributed by atoms with Crippen LogP contribution in [0.1, 0.15) is 10.4 Å². The first-order valence-electron chi connectivity index (χ1n) is 10.9. The minimum Gasteiger partial charge on any atom is -0.497 e. The van der Waals surface area contributed by atoms with Gasteiger partial charge in [0.25, 0.3) is 11.8 Å². The number of primary amides is 1. The first-order valence-corrected chi connectivity index (χ1v) is 10.9. The highest BCUT2D eigenvalue weighted by Crippen LogP contribution is 2.33. The Hall–Kier alpha value is -4.79. The van der Waals surface area contributed by atoms with E-state index in [1.807, 2.05) is 24.3 Å². The molecule has 9 heteroatoms. The largest absolute Gasteiger partial charge is 0.497 e. The Bertz CT molecular complexity index is 1400. The smallest absolute Gasteiger partial charge is 0.255 e. The van der Waals surface area contributed by atoms with Crippen molar-refractivity contribution in [3.8, 4) is 34.3 Å². The van der Waals surface area contributed by atoms with Gasteiger partial charge in [-0.15, -0.1) is 0 Å². The van der Waals surface area contributed by atoms with Crippen LogP contribution < -0.4 is 30.0 Å². The van der Waals surface area contributed by atoms with Crippen LogP contribution in [-0.2, 0) is 4.79 Å². The summed E-state index contributed by atoms with van der Waals surface area (Å²) in [5.41, 5.74) is 8.28. The van der Waals surface area contributed by atoms with E-state index in [1.165, 1.54) is 14.2 Å². The van der Waals surface area contributed by atoms with Crippen molar-refractivity contribution in [2.75, 3.05) is 33.3 Å². The molecular formula is C27H25N3O6. The van der Waals surface area contributed by atoms with Gasteiger partial charge in [0, 0.05) is 34.3 Å². The Kier molecular flexibility index (Phi) is 7.20. The van der Waals surface area contributed by atoms with Gasteiger partial charge in [-0.25, -0.2) is 4.98 Å². The highest BCUT2D eigenvalue weighted by Gasteiger charge is 2.14. The summed E-state index contributed by atoms with van der Waals surface area (Å²) in [7, 11) is 4.63. The van der Waals surface area contributed by atoms with E-state index < -0.39 is 5.91 Å². The van der Waals surface area contributed by atoms with Gasteiger partial charge in [0.05, 0.1) is 32.5 Å². The van der Waals surface area contributed by atoms with Crippen LogP contribution >= 0.6 is 0 Å². The van der Waals surface area contributed by atoms with Crippen LogP contribution in [0.5, 0.6) is 23.0 Å². The number of methoxy groups -OCH3 is 3. The molecular weight excluding hydrogens is 462 g/mol. The summed E-state index contributed by atoms with van der Waals surface area (Å²) in [6.07, 6.45) is 0. The second kappa shape index (κ2) is 10.6. The average Bonchev–Trinajstić information content (AvgIpc) is 2.91. The Balaban J connectivity index is 1.70. The van der Waals surface area contributed by atoms with Crippen molar-refractivity contribution in [1.29, 1.82) is 0 Å². The van der Waals surface area contributed by atoms with Crippen molar-refractivity contribution in [2.24, 2.45) is 5.73 Å². The van der Waals surface area contributed by atoms with Gasteiger partial charge in [0.2, 0.25) is 0 Å². The van der Waals surface area contributed by atoms with Gasteiger partial charge in [0.15, 0.2) is 6.61 Å². The van der Waals surface area contributed by atoms with E-state index in [9.17, 15) is 9.59 Å². The molecule has 9 nitrogen and oxygen atoms in total. The van der Waals surface area contributed by atoms with Crippen LogP contribution in [0.2, 0.25) is 0 Å². The maximum atomic E-state index is 12.9. The third kappa shape index (κ3) is 5.47. The van der Waals surface area contributed by atoms with E-state index in [0.29, 0.717) is 45.1 Å². The highest BCUT2D eigenvalue weighted by molar-refractivity contribution is 6.06. The normalized spacial score (nSPS) is 10.5. The number of pyridine rings is 1. The quantitative estimate of drug-likeness (QED) is 0.365. The number of nitrogens with zero attached hydrogens (tertiary/aromatic N) is 1. The molecule has 1 aromatic heterocycles. The minimum absolute atomic E-state index is 0.304. The Labute approximate surface area is 207 Å². The third-order valence-electron chi connectivity index (χ3n) is 5.40. The Morgan fingerprint density at radius 1 is 0.833 bits per heavy atom. The van der Waals surface area contributed by atoms with E-state index in [0.717, 1.165) is 11.3 Å². The number of nitrogens with one attached hydrogen (secondary N) is 1. The molecule has 0 saturated carbocycles. The summed E-state index contributed by atoms with van der Waals surface area (Å²) in [5.74, 6) is 1.16. The number of ether oxygens (including phenoxy) is 4. The molecule has 0 atom stereocenters. The first kappa shape index (κ1) is 24.3. The molecule has 0 aliphatic carbocycles. The SMILES string of the molecule is COc1ccc(-c2cc(OCC(N)=O)c3cc(NC(=O)c4cc(OC)cc(OC)c4)ccc3n2)cc1. The van der Waals surface area contributed by atoms with Crippen molar-refractivity contribution in [3.63, 3.8) is 0 Å². The number of carbonyl (C=O) groups is 2. The molecule has 2 amide bonds. The van der Waals surface area contributed by atoms with Crippen LogP contribution in [0.4, 0.5) is 5.69 Å². The zero-order valence-electron chi connectivity index (χ0n) is 20.0. The third-order valence-corrected chi connectivity index (χ3v) is 5.40. The van der Waals surface area contributed by atoms with Gasteiger partial charge < -0.3 is 30.0 Å². The van der Waals surface area contributed by atoms with E-state index in [2.05, 4.69) is 5.32 Å². The Morgan fingerprint density at radius 2 is 1.50 bits per heavy atom. The number of benzene rings is 3. The van der Waals surface area contributed by atoms with Crippen molar-refractivity contribution in [1.82, 2.24) is 4.98 Å². The summed E-state index contributed by atoms with van der Waals surface area (Å²) in [6.45, 7) is -0.304. The number of carbonyl (C=O) groups excluding carboxylic acids is 2. The summed E-state index contributed by atoms with van der Waals surface area (Å²) >= 11 is 0. The molecule has 3 N–H and O–H groups in total. The second-order valence-corrected chi connectivity index (χ2v) is 7.78. The molecule has 0 aliphatic rings. The molecule has 184 valence electrons. The molecule has 4 rings (SSSR count). The van der Waals surface area contributed by atoms with Crippen LogP contribution in [0.3, 0.4) is 0 Å². The van der Waals surface area contributed by atoms with Gasteiger partial charge in [-0.2, -0.15) is 0 Å². The van der Waals surface area contributed by atoms with Gasteiger partial charge in [-0.3, -0.25) is 9.59 Å². The number of nitrogens with two attached hydrogens (primary N) is 1. The average molecular weight is 488 g/mol. The molecule has 0 bridgehead atoms. The van der Waals surface area contributed by atoms with Crippen LogP contribution in [0.15, 0.2) is 66.7 Å². The fourth-order valence-electron chi connectivity index (χ4n) is 3.59. The Morgan fingerprint density at radius 3 is 2.11 bits per heavy atom. The lowest BCUT2D eigenvalue weighted by molar-refractivity contribution is -0.119. The van der Waals surface area contributed by atoms with Crippen LogP contribution in [-0.4, -0.2) is 44.7 Å². The summed E-state index contributed by atoms with van der Waals surface area (Å²) < 4.78 is 21.4. The van der Waals surface area contributed by atoms with Crippen LogP contribution in [0.25, 0.3) is 22.2 Å². The number of amides is 2. The number of aromatic nitrogens is 1. The predicted octanol–water partition coefficient (Wildman–Crippen LogP) is 4.04. The van der Waals surface area contributed by atoms with Crippen LogP contribution in [0, 0.1) is 0 Å². The maximum absolute atomic E-state index is 12.9. The molecule has 0 unspecified atom stereocenters. The zero-order valence-corrected chi connectivity index (χ0v) is 20.0. The molecule has 0 aliphatic heterocycles. The van der Waals surface area contributed by atoms with Crippen molar-refractivity contribution in [3.05, 3.63) is 72.3 Å². The lowest BCUT2D eigenvalue weighted by Gasteiger charge is -2.13. The van der Waals surface area contributed by atoms with Gasteiger partial charge >= 0.3 is 0 Å². The van der Waals surface area contributed by atoms with Crippen molar-refractivity contribution in [2.45, 2.75) is 0 Å². The molecule has 0 spiro atoms. The second-order valence-electron chi connectivity index (χ2n) is 7.78. The lowest BCUT2D eigenvalue weighted by atomic mass is 10.1. The van der Waals surface area contributed by atoms with Crippen molar-refractivity contribution < 1.29 is 28.5 Å². The fraction of sp³-hybridized carbons (Fsp3) is 0.148. The molecule has 4 aromatic rings. The number of fused-ring (bicyclic) bond motifs is 1. The number of hydrogen-bond donors (Lipinski definition) is 2. The highest BCUT2D eigenvalue weighted by atomic mass is 16.5. The molecule has 3 aromatic carbocycles. The molecule has 0 fully saturated rings. The number of rotatable bonds is 9. The maximum Gasteiger partial charge on any atom is 0.255 e. The summed E-state index contributed by atoms with van der Waals surface area (Å²) in [4.78, 5) is 29.1.